The molecule has 0 N–H and O–H groups in total. The fourth-order valence-electron chi connectivity index (χ4n) is 2.69. The first kappa shape index (κ1) is 17.0. The Labute approximate surface area is 158 Å². The molecule has 3 aromatic rings. The average molecular weight is 394 g/mol. The van der Waals surface area contributed by atoms with Gasteiger partial charge in [0.15, 0.2) is 5.16 Å². The maximum atomic E-state index is 5.43. The number of morpholine rings is 1. The maximum Gasteiger partial charge on any atom is 0.228 e. The largest absolute Gasteiger partial charge is 0.378 e. The lowest BCUT2D eigenvalue weighted by Crippen LogP contribution is -2.38. The van der Waals surface area contributed by atoms with Gasteiger partial charge in [0.2, 0.25) is 5.95 Å². The molecule has 0 radical (unpaired) electrons. The van der Waals surface area contributed by atoms with Crippen LogP contribution in [0.3, 0.4) is 0 Å². The van der Waals surface area contributed by atoms with Crippen LogP contribution in [0.2, 0.25) is 0 Å². The van der Waals surface area contributed by atoms with Crippen LogP contribution in [0.15, 0.2) is 28.0 Å². The highest BCUT2D eigenvalue weighted by Gasteiger charge is 2.20. The van der Waals surface area contributed by atoms with Crippen molar-refractivity contribution >= 4 is 40.4 Å². The molecule has 0 atom stereocenters. The van der Waals surface area contributed by atoms with E-state index >= 15 is 0 Å². The van der Waals surface area contributed by atoms with E-state index in [0.29, 0.717) is 0 Å². The van der Waals surface area contributed by atoms with E-state index in [2.05, 4.69) is 49.5 Å². The first-order valence-electron chi connectivity index (χ1n) is 8.22. The van der Waals surface area contributed by atoms with E-state index in [1.807, 2.05) is 0 Å². The van der Waals surface area contributed by atoms with Gasteiger partial charge in [-0.1, -0.05) is 17.8 Å². The number of ether oxygens (including phenoxy) is 1. The highest BCUT2D eigenvalue weighted by atomic mass is 32.2. The fraction of sp³-hybridized carbons (Fsp3) is 0.438. The topological polar surface area (TPSA) is 56.1 Å². The zero-order chi connectivity index (χ0) is 17.1. The van der Waals surface area contributed by atoms with Gasteiger partial charge in [0, 0.05) is 30.8 Å². The predicted molar refractivity (Wildman–Crippen MR) is 104 cm³/mol. The van der Waals surface area contributed by atoms with Gasteiger partial charge in [-0.3, -0.25) is 4.57 Å². The second-order valence-electron chi connectivity index (χ2n) is 5.54. The molecule has 25 heavy (non-hydrogen) atoms. The molecular weight excluding hydrogens is 374 g/mol. The minimum Gasteiger partial charge on any atom is -0.378 e. The fourth-order valence-corrected chi connectivity index (χ4v) is 5.32. The molecule has 0 bridgehead atoms. The summed E-state index contributed by atoms with van der Waals surface area (Å²) in [6.45, 7) is 6.25. The molecular formula is C16H19N5OS3. The lowest BCUT2D eigenvalue weighted by atomic mass is 10.4. The maximum absolute atomic E-state index is 5.43. The van der Waals surface area contributed by atoms with E-state index in [0.717, 1.165) is 60.4 Å². The molecule has 3 aromatic heterocycles. The predicted octanol–water partition coefficient (Wildman–Crippen LogP) is 3.61. The first-order valence-corrected chi connectivity index (χ1v) is 11.0. The van der Waals surface area contributed by atoms with Crippen molar-refractivity contribution in [2.45, 2.75) is 24.4 Å². The number of nitrogens with zero attached hydrogens (tertiary/aromatic N) is 5. The van der Waals surface area contributed by atoms with Crippen molar-refractivity contribution < 1.29 is 4.74 Å². The van der Waals surface area contributed by atoms with Gasteiger partial charge in [-0.05, 0) is 18.4 Å². The van der Waals surface area contributed by atoms with Crippen LogP contribution in [0, 0.1) is 0 Å². The van der Waals surface area contributed by atoms with E-state index in [9.17, 15) is 0 Å². The number of thiazole rings is 1. The molecule has 0 spiro atoms. The molecule has 1 aliphatic heterocycles. The Hall–Kier alpha value is -1.42. The van der Waals surface area contributed by atoms with Crippen LogP contribution in [0.1, 0.15) is 12.6 Å². The molecule has 1 saturated heterocycles. The number of rotatable bonds is 6. The number of aromatic nitrogens is 4. The molecule has 4 rings (SSSR count). The highest BCUT2D eigenvalue weighted by Crippen LogP contribution is 2.31. The van der Waals surface area contributed by atoms with Gasteiger partial charge in [-0.25, -0.2) is 4.98 Å². The second kappa shape index (κ2) is 7.86. The summed E-state index contributed by atoms with van der Waals surface area (Å²) in [5.74, 6) is 1.76. The molecule has 4 heterocycles. The number of thioether (sulfide) groups is 1. The standard InChI is InChI=1S/C16H19N5OS3/c1-2-21-15(20-5-7-22-8-6-20)18-19-16(21)25-11-12-10-24-14(17-12)13-4-3-9-23-13/h3-4,9-10H,2,5-8,11H2,1H3. The van der Waals surface area contributed by atoms with Crippen molar-refractivity contribution in [3.8, 4) is 9.88 Å². The van der Waals surface area contributed by atoms with Gasteiger partial charge in [-0.15, -0.1) is 32.9 Å². The molecule has 0 aliphatic carbocycles. The van der Waals surface area contributed by atoms with Gasteiger partial charge in [0.05, 0.1) is 23.8 Å². The zero-order valence-corrected chi connectivity index (χ0v) is 16.4. The van der Waals surface area contributed by atoms with Crippen molar-refractivity contribution in [2.75, 3.05) is 31.2 Å². The normalized spacial score (nSPS) is 15.0. The molecule has 6 nitrogen and oxygen atoms in total. The molecule has 0 saturated carbocycles. The van der Waals surface area contributed by atoms with Gasteiger partial charge in [0.25, 0.3) is 0 Å². The lowest BCUT2D eigenvalue weighted by Gasteiger charge is -2.27. The number of thiophene rings is 1. The molecule has 1 aliphatic rings. The van der Waals surface area contributed by atoms with Crippen LogP contribution in [-0.4, -0.2) is 46.1 Å². The molecule has 132 valence electrons. The van der Waals surface area contributed by atoms with Crippen molar-refractivity contribution in [3.05, 3.63) is 28.6 Å². The van der Waals surface area contributed by atoms with E-state index in [1.54, 1.807) is 34.4 Å². The quantitative estimate of drug-likeness (QED) is 0.596. The minimum absolute atomic E-state index is 0.753. The van der Waals surface area contributed by atoms with E-state index in [1.165, 1.54) is 4.88 Å². The summed E-state index contributed by atoms with van der Waals surface area (Å²) in [5, 5.41) is 15.1. The third kappa shape index (κ3) is 3.74. The summed E-state index contributed by atoms with van der Waals surface area (Å²) < 4.78 is 7.61. The van der Waals surface area contributed by atoms with Crippen LogP contribution < -0.4 is 4.90 Å². The lowest BCUT2D eigenvalue weighted by molar-refractivity contribution is 0.121. The van der Waals surface area contributed by atoms with Crippen molar-refractivity contribution in [1.82, 2.24) is 19.7 Å². The van der Waals surface area contributed by atoms with Gasteiger partial charge >= 0.3 is 0 Å². The molecule has 0 aromatic carbocycles. The third-order valence-corrected chi connectivity index (χ3v) is 6.87. The highest BCUT2D eigenvalue weighted by molar-refractivity contribution is 7.98. The van der Waals surface area contributed by atoms with Crippen LogP contribution >= 0.6 is 34.4 Å². The van der Waals surface area contributed by atoms with Crippen LogP contribution in [0.4, 0.5) is 5.95 Å². The van der Waals surface area contributed by atoms with Crippen molar-refractivity contribution in [1.29, 1.82) is 0 Å². The molecule has 0 unspecified atom stereocenters. The second-order valence-corrected chi connectivity index (χ2v) is 8.28. The van der Waals surface area contributed by atoms with Crippen molar-refractivity contribution in [3.63, 3.8) is 0 Å². The van der Waals surface area contributed by atoms with Crippen LogP contribution in [-0.2, 0) is 17.0 Å². The van der Waals surface area contributed by atoms with Gasteiger partial charge in [-0.2, -0.15) is 0 Å². The Balaban J connectivity index is 1.45. The Morgan fingerprint density at radius 3 is 2.88 bits per heavy atom. The summed E-state index contributed by atoms with van der Waals surface area (Å²) in [4.78, 5) is 8.22. The number of hydrogen-bond donors (Lipinski definition) is 0. The first-order chi connectivity index (χ1) is 12.3. The van der Waals surface area contributed by atoms with Crippen LogP contribution in [0.25, 0.3) is 9.88 Å². The number of hydrogen-bond acceptors (Lipinski definition) is 8. The van der Waals surface area contributed by atoms with Gasteiger partial charge < -0.3 is 9.64 Å². The Morgan fingerprint density at radius 2 is 2.12 bits per heavy atom. The zero-order valence-electron chi connectivity index (χ0n) is 13.9. The smallest absolute Gasteiger partial charge is 0.228 e. The van der Waals surface area contributed by atoms with Crippen LogP contribution in [0.5, 0.6) is 0 Å². The third-order valence-electron chi connectivity index (χ3n) is 3.94. The Kier molecular flexibility index (Phi) is 5.35. The SMILES string of the molecule is CCn1c(SCc2csc(-c3cccs3)n2)nnc1N1CCOCC1. The van der Waals surface area contributed by atoms with E-state index in [4.69, 9.17) is 9.72 Å². The Morgan fingerprint density at radius 1 is 1.24 bits per heavy atom. The summed E-state index contributed by atoms with van der Waals surface area (Å²) in [6, 6.07) is 4.18. The summed E-state index contributed by atoms with van der Waals surface area (Å²) >= 11 is 5.13. The van der Waals surface area contributed by atoms with E-state index in [-0.39, 0.29) is 0 Å². The number of anilines is 1. The molecule has 9 heteroatoms. The summed E-state index contributed by atoms with van der Waals surface area (Å²) in [6.07, 6.45) is 0. The Bertz CT molecular complexity index is 808. The van der Waals surface area contributed by atoms with Gasteiger partial charge in [0.1, 0.15) is 5.01 Å². The molecule has 1 fully saturated rings. The summed E-state index contributed by atoms with van der Waals surface area (Å²) in [5.41, 5.74) is 1.09. The monoisotopic (exact) mass is 393 g/mol. The average Bonchev–Trinajstić information content (AvgIpc) is 3.39. The summed E-state index contributed by atoms with van der Waals surface area (Å²) in [7, 11) is 0. The van der Waals surface area contributed by atoms with E-state index < -0.39 is 0 Å². The van der Waals surface area contributed by atoms with Crippen molar-refractivity contribution in [2.24, 2.45) is 0 Å². The minimum atomic E-state index is 0.753. The molecule has 0 amide bonds.